The number of benzene rings is 4. The third kappa shape index (κ3) is 11.7. The van der Waals surface area contributed by atoms with Gasteiger partial charge in [0.2, 0.25) is 0 Å². The molecule has 0 spiro atoms. The molecule has 0 saturated carbocycles. The molecule has 11 heteroatoms. The van der Waals surface area contributed by atoms with Crippen molar-refractivity contribution in [3.8, 4) is 0 Å². The lowest BCUT2D eigenvalue weighted by molar-refractivity contribution is -0.144. The monoisotopic (exact) mass is 838 g/mol. The van der Waals surface area contributed by atoms with Crippen LogP contribution in [0.1, 0.15) is 65.6 Å². The van der Waals surface area contributed by atoms with Crippen molar-refractivity contribution in [1.29, 1.82) is 0 Å². The van der Waals surface area contributed by atoms with Gasteiger partial charge in [0.1, 0.15) is 24.8 Å². The minimum absolute atomic E-state index is 0.0149. The van der Waals surface area contributed by atoms with E-state index in [0.29, 0.717) is 43.3 Å². The molecule has 0 radical (unpaired) electrons. The predicted molar refractivity (Wildman–Crippen MR) is 235 cm³/mol. The number of hydrogen-bond donors (Lipinski definition) is 1. The van der Waals surface area contributed by atoms with Gasteiger partial charge in [0.15, 0.2) is 0 Å². The van der Waals surface area contributed by atoms with E-state index in [9.17, 15) is 18.4 Å². The number of hydrogen-bond acceptors (Lipinski definition) is 9. The van der Waals surface area contributed by atoms with Gasteiger partial charge in [-0.25, -0.2) is 8.78 Å². The van der Waals surface area contributed by atoms with E-state index < -0.39 is 11.9 Å². The van der Waals surface area contributed by atoms with Gasteiger partial charge in [0.25, 0.3) is 0 Å². The second-order valence-corrected chi connectivity index (χ2v) is 15.2. The molecule has 0 aliphatic heterocycles. The lowest BCUT2D eigenvalue weighted by atomic mass is 10.00. The highest BCUT2D eigenvalue weighted by Crippen LogP contribution is 2.45. The number of carbonyl (C=O) groups is 2. The van der Waals surface area contributed by atoms with E-state index in [1.165, 1.54) is 29.2 Å². The maximum absolute atomic E-state index is 14.3. The van der Waals surface area contributed by atoms with Crippen LogP contribution in [-0.4, -0.2) is 71.0 Å². The number of thiol groups is 1. The lowest BCUT2D eigenvalue weighted by Gasteiger charge is -2.10. The molecule has 2 aliphatic rings. The van der Waals surface area contributed by atoms with Crippen LogP contribution in [0.15, 0.2) is 101 Å². The zero-order chi connectivity index (χ0) is 41.7. The highest BCUT2D eigenvalue weighted by Gasteiger charge is 2.27. The Kier molecular flexibility index (Phi) is 15.9. The number of rotatable bonds is 20. The van der Waals surface area contributed by atoms with Gasteiger partial charge in [0.05, 0.1) is 52.5 Å². The number of halogens is 2. The number of esters is 2. The molecule has 7 nitrogen and oxygen atoms in total. The van der Waals surface area contributed by atoms with Gasteiger partial charge in [-0.3, -0.25) is 9.59 Å². The highest BCUT2D eigenvalue weighted by molar-refractivity contribution is 7.98. The standard InChI is InChI=1S/C48H48F2O7S2/c1-31-41(24-33-4-6-35(30-58)7-5-33)39-14-10-36(49)26-45(39)43(31)28-47(51)56-22-20-54-18-16-53-17-19-55-21-23-57-48(52)29-44-32(2)42(40-15-11-37(50)27-46(40)44)25-34-8-12-38(59-3)13-9-34/h4-15,24-27,58H,16-23,28-30H2,1-3H3. The zero-order valence-electron chi connectivity index (χ0n) is 33.5. The minimum atomic E-state index is -0.419. The van der Waals surface area contributed by atoms with Crippen molar-refractivity contribution in [3.63, 3.8) is 0 Å². The molecule has 4 aromatic carbocycles. The van der Waals surface area contributed by atoms with Crippen LogP contribution in [-0.2, 0) is 39.0 Å². The van der Waals surface area contributed by atoms with Crippen molar-refractivity contribution in [2.24, 2.45) is 0 Å². The van der Waals surface area contributed by atoms with Crippen molar-refractivity contribution >= 4 is 70.8 Å². The van der Waals surface area contributed by atoms with E-state index in [-0.39, 0.29) is 50.9 Å². The normalized spacial score (nSPS) is 14.7. The predicted octanol–water partition coefficient (Wildman–Crippen LogP) is 10.4. The molecule has 4 aromatic rings. The second-order valence-electron chi connectivity index (χ2n) is 14.0. The van der Waals surface area contributed by atoms with Gasteiger partial charge in [0, 0.05) is 10.6 Å². The number of thioether (sulfide) groups is 1. The summed E-state index contributed by atoms with van der Waals surface area (Å²) in [5.74, 6) is -0.903. The smallest absolute Gasteiger partial charge is 0.310 e. The Labute approximate surface area is 354 Å². The maximum Gasteiger partial charge on any atom is 0.310 e. The first kappa shape index (κ1) is 43.8. The summed E-state index contributed by atoms with van der Waals surface area (Å²) in [6, 6.07) is 25.6. The molecule has 0 heterocycles. The molecule has 0 atom stereocenters. The number of allylic oxidation sites excluding steroid dienone is 4. The molecule has 0 bridgehead atoms. The summed E-state index contributed by atoms with van der Waals surface area (Å²) >= 11 is 6.00. The number of ether oxygens (including phenoxy) is 5. The lowest BCUT2D eigenvalue weighted by Crippen LogP contribution is -2.15. The molecule has 0 unspecified atom stereocenters. The minimum Gasteiger partial charge on any atom is -0.463 e. The summed E-state index contributed by atoms with van der Waals surface area (Å²) in [6.45, 7) is 5.72. The Balaban J connectivity index is 0.845. The third-order valence-corrected chi connectivity index (χ3v) is 11.3. The first-order valence-corrected chi connectivity index (χ1v) is 21.3. The van der Waals surface area contributed by atoms with Crippen LogP contribution in [0.5, 0.6) is 0 Å². The SMILES string of the molecule is CSc1ccc(C=C2C(C)=C(CC(=O)OCCOCCOCCOCCOC(=O)CC3=C(C)C(=Cc4ccc(CS)cc4)c4ccc(F)cc43)c3cc(F)ccc32)cc1. The van der Waals surface area contributed by atoms with Crippen molar-refractivity contribution < 1.29 is 42.1 Å². The van der Waals surface area contributed by atoms with Crippen molar-refractivity contribution in [3.05, 3.63) is 147 Å². The van der Waals surface area contributed by atoms with Crippen molar-refractivity contribution in [2.45, 2.75) is 37.3 Å². The molecule has 0 aromatic heterocycles. The fourth-order valence-electron chi connectivity index (χ4n) is 7.08. The largest absolute Gasteiger partial charge is 0.463 e. The average molecular weight is 839 g/mol. The summed E-state index contributed by atoms with van der Waals surface area (Å²) in [6.07, 6.45) is 6.18. The number of fused-ring (bicyclic) bond motifs is 2. The summed E-state index contributed by atoms with van der Waals surface area (Å²) in [5.41, 5.74) is 11.6. The quantitative estimate of drug-likeness (QED) is 0.0408. The van der Waals surface area contributed by atoms with E-state index in [1.54, 1.807) is 23.9 Å². The van der Waals surface area contributed by atoms with Crippen LogP contribution in [0.4, 0.5) is 8.78 Å². The fraction of sp³-hybridized carbons (Fsp3) is 0.292. The zero-order valence-corrected chi connectivity index (χ0v) is 35.2. The molecule has 0 saturated heterocycles. The Morgan fingerprint density at radius 1 is 0.576 bits per heavy atom. The van der Waals surface area contributed by atoms with Crippen LogP contribution in [0.2, 0.25) is 0 Å². The van der Waals surface area contributed by atoms with Gasteiger partial charge in [-0.05, 0) is 141 Å². The molecule has 0 N–H and O–H groups in total. The maximum atomic E-state index is 14.3. The molecule has 2 aliphatic carbocycles. The highest BCUT2D eigenvalue weighted by atomic mass is 32.2. The topological polar surface area (TPSA) is 80.3 Å². The van der Waals surface area contributed by atoms with E-state index in [4.69, 9.17) is 23.7 Å². The van der Waals surface area contributed by atoms with Crippen LogP contribution in [0, 0.1) is 11.6 Å². The summed E-state index contributed by atoms with van der Waals surface area (Å²) in [7, 11) is 0. The first-order chi connectivity index (χ1) is 28.6. The molecular weight excluding hydrogens is 791 g/mol. The molecule has 6 rings (SSSR count). The van der Waals surface area contributed by atoms with Crippen LogP contribution >= 0.6 is 24.4 Å². The Hall–Kier alpha value is -4.78. The molecular formula is C48H48F2O7S2. The molecule has 59 heavy (non-hydrogen) atoms. The Morgan fingerprint density at radius 2 is 0.983 bits per heavy atom. The Morgan fingerprint density at radius 3 is 1.39 bits per heavy atom. The second kappa shape index (κ2) is 21.5. The van der Waals surface area contributed by atoms with Gasteiger partial charge >= 0.3 is 11.9 Å². The molecule has 0 fully saturated rings. The van der Waals surface area contributed by atoms with E-state index >= 15 is 0 Å². The van der Waals surface area contributed by atoms with Gasteiger partial charge in [-0.1, -0.05) is 48.5 Å². The van der Waals surface area contributed by atoms with Crippen LogP contribution in [0.25, 0.3) is 34.4 Å². The van der Waals surface area contributed by atoms with Crippen molar-refractivity contribution in [2.75, 3.05) is 59.1 Å². The van der Waals surface area contributed by atoms with Gasteiger partial charge in [-0.15, -0.1) is 11.8 Å². The third-order valence-electron chi connectivity index (χ3n) is 10.2. The van der Waals surface area contributed by atoms with E-state index in [0.717, 1.165) is 61.3 Å². The summed E-state index contributed by atoms with van der Waals surface area (Å²) in [5, 5.41) is 0. The van der Waals surface area contributed by atoms with Crippen molar-refractivity contribution in [1.82, 2.24) is 0 Å². The van der Waals surface area contributed by atoms with Gasteiger partial charge < -0.3 is 23.7 Å². The molecule has 0 amide bonds. The fourth-order valence-corrected chi connectivity index (χ4v) is 7.70. The summed E-state index contributed by atoms with van der Waals surface area (Å²) in [4.78, 5) is 26.8. The Bertz CT molecular complexity index is 2100. The van der Waals surface area contributed by atoms with E-state index in [1.807, 2.05) is 56.5 Å². The average Bonchev–Trinajstić information content (AvgIpc) is 3.63. The van der Waals surface area contributed by atoms with Crippen LogP contribution < -0.4 is 0 Å². The first-order valence-electron chi connectivity index (χ1n) is 19.5. The van der Waals surface area contributed by atoms with E-state index in [2.05, 4.69) is 36.9 Å². The van der Waals surface area contributed by atoms with Crippen LogP contribution in [0.3, 0.4) is 0 Å². The van der Waals surface area contributed by atoms with Gasteiger partial charge in [-0.2, -0.15) is 12.6 Å². The summed E-state index contributed by atoms with van der Waals surface area (Å²) < 4.78 is 56.1. The number of carbonyl (C=O) groups excluding carboxylic acids is 2. The molecule has 308 valence electrons.